The summed E-state index contributed by atoms with van der Waals surface area (Å²) in [6.45, 7) is 0. The second-order valence-corrected chi connectivity index (χ2v) is 1.91. The van der Waals surface area contributed by atoms with Crippen LogP contribution >= 0.6 is 0 Å². The molecule has 0 aliphatic heterocycles. The van der Waals surface area contributed by atoms with E-state index in [1.165, 1.54) is 0 Å². The van der Waals surface area contributed by atoms with Crippen LogP contribution in [0.3, 0.4) is 0 Å². The zero-order valence-electron chi connectivity index (χ0n) is 6.74. The summed E-state index contributed by atoms with van der Waals surface area (Å²) in [7, 11) is 0. The Morgan fingerprint density at radius 3 is 2.17 bits per heavy atom. The standard InChI is InChI=1S/C5H10N2O3.CH3.W/c6-3(5(9)10)1-2-4(7)8;;/h3H,1-2,6H2,(H3,7,8,9,10);1H3;/q;-1;+2/p-1. The Morgan fingerprint density at radius 2 is 1.92 bits per heavy atom. The summed E-state index contributed by atoms with van der Waals surface area (Å²) in [6.07, 6.45) is -0.0505. The number of carbonyl (C=O) groups is 2. The molecule has 70 valence electrons. The first-order chi connectivity index (χ1) is 4.54. The van der Waals surface area contributed by atoms with E-state index in [9.17, 15) is 9.59 Å². The van der Waals surface area contributed by atoms with Gasteiger partial charge in [0.05, 0.1) is 0 Å². The summed E-state index contributed by atoms with van der Waals surface area (Å²) < 4.78 is 0. The summed E-state index contributed by atoms with van der Waals surface area (Å²) >= 11 is 0. The van der Waals surface area contributed by atoms with Crippen LogP contribution in [0.5, 0.6) is 0 Å². The molecule has 1 atom stereocenters. The van der Waals surface area contributed by atoms with Crippen LogP contribution in [0.25, 0.3) is 5.73 Å². The Morgan fingerprint density at radius 1 is 1.50 bits per heavy atom. The van der Waals surface area contributed by atoms with Crippen LogP contribution in [-0.4, -0.2) is 23.0 Å². The summed E-state index contributed by atoms with van der Waals surface area (Å²) in [5.41, 5.74) is 11.5. The van der Waals surface area contributed by atoms with Crippen molar-refractivity contribution in [1.29, 1.82) is 0 Å². The van der Waals surface area contributed by atoms with E-state index >= 15 is 0 Å². The number of nitrogens with one attached hydrogen (secondary N) is 1. The number of nitrogens with two attached hydrogens (primary N) is 1. The van der Waals surface area contributed by atoms with Gasteiger partial charge in [0.15, 0.2) is 0 Å². The van der Waals surface area contributed by atoms with Gasteiger partial charge in [-0.1, -0.05) is 0 Å². The van der Waals surface area contributed by atoms with E-state index in [2.05, 4.69) is 0 Å². The smallest absolute Gasteiger partial charge is 0.668 e. The molecule has 12 heavy (non-hydrogen) atoms. The number of aliphatic carboxylic acids is 1. The van der Waals surface area contributed by atoms with Crippen molar-refractivity contribution in [2.24, 2.45) is 5.73 Å². The van der Waals surface area contributed by atoms with Gasteiger partial charge in [-0.2, -0.15) is 0 Å². The van der Waals surface area contributed by atoms with Gasteiger partial charge in [0, 0.05) is 5.91 Å². The van der Waals surface area contributed by atoms with Crippen LogP contribution in [0.4, 0.5) is 0 Å². The molecule has 0 aromatic heterocycles. The van der Waals surface area contributed by atoms with Crippen molar-refractivity contribution in [3.63, 3.8) is 0 Å². The molecule has 0 rings (SSSR count). The van der Waals surface area contributed by atoms with Gasteiger partial charge in [0.25, 0.3) is 0 Å². The van der Waals surface area contributed by atoms with Crippen LogP contribution < -0.4 is 5.73 Å². The minimum absolute atomic E-state index is 0. The van der Waals surface area contributed by atoms with Gasteiger partial charge in [0.1, 0.15) is 6.04 Å². The Labute approximate surface area is 85.8 Å². The molecule has 6 heteroatoms. The molecule has 0 aliphatic rings. The zero-order chi connectivity index (χ0) is 8.15. The largest absolute Gasteiger partial charge is 2.00 e. The van der Waals surface area contributed by atoms with E-state index in [1.54, 1.807) is 0 Å². The van der Waals surface area contributed by atoms with Crippen molar-refractivity contribution in [1.82, 2.24) is 0 Å². The minimum Gasteiger partial charge on any atom is -0.668 e. The maximum absolute atomic E-state index is 10.0. The quantitative estimate of drug-likeness (QED) is 0.711. The predicted molar refractivity (Wildman–Crippen MR) is 40.6 cm³/mol. The summed E-state index contributed by atoms with van der Waals surface area (Å²) in [5, 5.41) is 8.20. The molecule has 1 amide bonds. The van der Waals surface area contributed by atoms with Crippen LogP contribution in [0.1, 0.15) is 12.8 Å². The summed E-state index contributed by atoms with van der Waals surface area (Å²) in [6, 6.07) is -1.02. The molecule has 0 saturated carbocycles. The second-order valence-electron chi connectivity index (χ2n) is 1.91. The van der Waals surface area contributed by atoms with Gasteiger partial charge in [-0.05, 0) is 12.8 Å². The molecule has 0 bridgehead atoms. The van der Waals surface area contributed by atoms with Gasteiger partial charge in [-0.3, -0.25) is 4.79 Å². The number of rotatable bonds is 4. The molecule has 4 N–H and O–H groups in total. The van der Waals surface area contributed by atoms with Gasteiger partial charge < -0.3 is 28.8 Å². The fourth-order valence-electron chi connectivity index (χ4n) is 0.410. The number of hydrogen-bond donors (Lipinski definition) is 2. The van der Waals surface area contributed by atoms with E-state index in [1.807, 2.05) is 0 Å². The number of hydrogen-bond acceptors (Lipinski definition) is 3. The fraction of sp³-hybridized carbons (Fsp3) is 0.500. The predicted octanol–water partition coefficient (Wildman–Crippen LogP) is 0.205. The number of amides is 1. The topological polar surface area (TPSA) is 104 Å². The maximum atomic E-state index is 10.0. The molecule has 0 aromatic carbocycles. The first kappa shape index (κ1) is 17.6. The van der Waals surface area contributed by atoms with Crippen LogP contribution in [0.2, 0.25) is 0 Å². The molecular formula is C6H12N2O3W. The minimum atomic E-state index is -1.14. The number of carboxylic acid groups (broad SMARTS) is 1. The number of carbonyl (C=O) groups excluding carboxylic acids is 1. The molecular weight excluding hydrogens is 332 g/mol. The van der Waals surface area contributed by atoms with E-state index in [0.29, 0.717) is 0 Å². The fourth-order valence-corrected chi connectivity index (χ4v) is 0.410. The summed E-state index contributed by atoms with van der Waals surface area (Å²) in [4.78, 5) is 20.0. The molecule has 0 spiro atoms. The molecule has 1 unspecified atom stereocenters. The van der Waals surface area contributed by atoms with Crippen molar-refractivity contribution in [2.75, 3.05) is 0 Å². The Balaban J connectivity index is -0.000000405. The molecule has 0 heterocycles. The van der Waals surface area contributed by atoms with E-state index in [0.717, 1.165) is 0 Å². The SMILES string of the molecule is [CH3-].[NH-]C(=O)CCC(N)C(=O)O.[W+2]. The third kappa shape index (κ3) is 9.59. The van der Waals surface area contributed by atoms with E-state index in [-0.39, 0.29) is 41.3 Å². The van der Waals surface area contributed by atoms with Crippen LogP contribution in [0.15, 0.2) is 0 Å². The van der Waals surface area contributed by atoms with Crippen molar-refractivity contribution in [3.05, 3.63) is 13.2 Å². The van der Waals surface area contributed by atoms with Crippen LogP contribution in [-0.2, 0) is 30.7 Å². The van der Waals surface area contributed by atoms with Gasteiger partial charge in [0.2, 0.25) is 0 Å². The molecule has 0 aliphatic carbocycles. The van der Waals surface area contributed by atoms with Crippen LogP contribution in [0, 0.1) is 7.43 Å². The third-order valence-electron chi connectivity index (χ3n) is 1.000. The van der Waals surface area contributed by atoms with Crippen molar-refractivity contribution < 1.29 is 35.8 Å². The Hall–Kier alpha value is -0.412. The van der Waals surface area contributed by atoms with Gasteiger partial charge in [-0.25, -0.2) is 0 Å². The van der Waals surface area contributed by atoms with E-state index in [4.69, 9.17) is 16.6 Å². The second kappa shape index (κ2) is 8.68. The van der Waals surface area contributed by atoms with Gasteiger partial charge >= 0.3 is 27.0 Å². The average Bonchev–Trinajstić information content (AvgIpc) is 1.82. The third-order valence-corrected chi connectivity index (χ3v) is 1.000. The molecule has 0 aromatic rings. The van der Waals surface area contributed by atoms with Crippen molar-refractivity contribution in [3.8, 4) is 0 Å². The Kier molecular flexibility index (Phi) is 12.7. The van der Waals surface area contributed by atoms with Crippen molar-refractivity contribution in [2.45, 2.75) is 18.9 Å². The summed E-state index contributed by atoms with van der Waals surface area (Å²) in [5.74, 6) is -1.92. The average molecular weight is 344 g/mol. The van der Waals surface area contributed by atoms with Crippen molar-refractivity contribution >= 4 is 11.9 Å². The molecule has 0 saturated heterocycles. The Bertz CT molecular complexity index is 152. The zero-order valence-corrected chi connectivity index (χ0v) is 9.67. The normalized spacial score (nSPS) is 10.4. The maximum Gasteiger partial charge on any atom is 2.00 e. The van der Waals surface area contributed by atoms with Gasteiger partial charge in [-0.15, -0.1) is 0 Å². The first-order valence-electron chi connectivity index (χ1n) is 2.77. The first-order valence-corrected chi connectivity index (χ1v) is 2.77. The molecule has 5 nitrogen and oxygen atoms in total. The molecule has 0 radical (unpaired) electrons. The number of carboxylic acids is 1. The van der Waals surface area contributed by atoms with E-state index < -0.39 is 17.9 Å². The molecule has 0 fully saturated rings. The monoisotopic (exact) mass is 344 g/mol.